The maximum Gasteiger partial charge on any atom is 0.274 e. The Morgan fingerprint density at radius 1 is 1.41 bits per heavy atom. The fourth-order valence-electron chi connectivity index (χ4n) is 1.39. The van der Waals surface area contributed by atoms with Gasteiger partial charge in [-0.3, -0.25) is 4.79 Å². The van der Waals surface area contributed by atoms with Crippen molar-refractivity contribution in [3.05, 3.63) is 30.5 Å². The van der Waals surface area contributed by atoms with Gasteiger partial charge in [0.15, 0.2) is 5.69 Å². The molecule has 5 nitrogen and oxygen atoms in total. The zero-order valence-corrected chi connectivity index (χ0v) is 10.3. The number of aromatic nitrogens is 2. The molecule has 17 heavy (non-hydrogen) atoms. The lowest BCUT2D eigenvalue weighted by molar-refractivity contribution is 0.0766. The van der Waals surface area contributed by atoms with Gasteiger partial charge in [0.2, 0.25) is 0 Å². The van der Waals surface area contributed by atoms with Crippen molar-refractivity contribution in [3.63, 3.8) is 0 Å². The number of amides is 1. The lowest BCUT2D eigenvalue weighted by atomic mass is 10.3. The van der Waals surface area contributed by atoms with Crippen molar-refractivity contribution in [2.45, 2.75) is 13.8 Å². The Kier molecular flexibility index (Phi) is 5.13. The highest BCUT2D eigenvalue weighted by molar-refractivity contribution is 5.92. The molecule has 0 aliphatic heterocycles. The first-order valence-corrected chi connectivity index (χ1v) is 5.70. The lowest BCUT2D eigenvalue weighted by Gasteiger charge is -2.17. The van der Waals surface area contributed by atoms with E-state index in [4.69, 9.17) is 0 Å². The molecule has 1 rings (SSSR count). The van der Waals surface area contributed by atoms with Crippen LogP contribution in [0.25, 0.3) is 0 Å². The molecule has 0 saturated carbocycles. The van der Waals surface area contributed by atoms with Crippen molar-refractivity contribution < 1.29 is 4.79 Å². The first-order chi connectivity index (χ1) is 8.22. The molecule has 1 aromatic heterocycles. The van der Waals surface area contributed by atoms with E-state index in [0.717, 1.165) is 0 Å². The van der Waals surface area contributed by atoms with Crippen molar-refractivity contribution in [2.75, 3.05) is 25.0 Å². The van der Waals surface area contributed by atoms with Gasteiger partial charge in [-0.1, -0.05) is 6.08 Å². The van der Waals surface area contributed by atoms with E-state index in [1.54, 1.807) is 23.1 Å². The van der Waals surface area contributed by atoms with Gasteiger partial charge < -0.3 is 10.2 Å². The summed E-state index contributed by atoms with van der Waals surface area (Å²) in [5.41, 5.74) is 0.373. The molecule has 0 unspecified atom stereocenters. The third-order valence-electron chi connectivity index (χ3n) is 2.36. The Hall–Kier alpha value is -1.91. The van der Waals surface area contributed by atoms with Gasteiger partial charge in [-0.25, -0.2) is 0 Å². The van der Waals surface area contributed by atoms with Crippen LogP contribution in [0.15, 0.2) is 24.8 Å². The largest absolute Gasteiger partial charge is 0.365 e. The van der Waals surface area contributed by atoms with Crippen LogP contribution in [0.3, 0.4) is 0 Å². The van der Waals surface area contributed by atoms with Crippen LogP contribution in [-0.4, -0.2) is 40.6 Å². The summed E-state index contributed by atoms with van der Waals surface area (Å²) in [6, 6.07) is 3.42. The highest BCUT2D eigenvalue weighted by Gasteiger charge is 2.13. The van der Waals surface area contributed by atoms with Crippen molar-refractivity contribution in [3.8, 4) is 0 Å². The van der Waals surface area contributed by atoms with E-state index in [1.807, 2.05) is 13.8 Å². The van der Waals surface area contributed by atoms with Gasteiger partial charge in [0, 0.05) is 19.6 Å². The van der Waals surface area contributed by atoms with Crippen LogP contribution < -0.4 is 5.32 Å². The third kappa shape index (κ3) is 3.55. The molecule has 0 aliphatic carbocycles. The molecular weight excluding hydrogens is 216 g/mol. The molecule has 1 aromatic rings. The predicted octanol–water partition coefficient (Wildman–Crippen LogP) is 1.56. The molecule has 0 atom stereocenters. The minimum absolute atomic E-state index is 0.0854. The molecule has 0 radical (unpaired) electrons. The average Bonchev–Trinajstić information content (AvgIpc) is 2.38. The molecule has 5 heteroatoms. The first kappa shape index (κ1) is 13.2. The van der Waals surface area contributed by atoms with E-state index in [1.165, 1.54) is 0 Å². The third-order valence-corrected chi connectivity index (χ3v) is 2.36. The van der Waals surface area contributed by atoms with Gasteiger partial charge in [0.05, 0.1) is 0 Å². The number of rotatable bonds is 6. The quantitative estimate of drug-likeness (QED) is 0.759. The zero-order chi connectivity index (χ0) is 12.7. The summed E-state index contributed by atoms with van der Waals surface area (Å²) in [4.78, 5) is 13.6. The molecular formula is C12H18N4O. The Bertz CT molecular complexity index is 371. The fraction of sp³-hybridized carbons (Fsp3) is 0.417. The summed E-state index contributed by atoms with van der Waals surface area (Å²) in [5, 5.41) is 10.8. The smallest absolute Gasteiger partial charge is 0.274 e. The highest BCUT2D eigenvalue weighted by Crippen LogP contribution is 2.04. The number of hydrogen-bond acceptors (Lipinski definition) is 4. The number of anilines is 1. The fourth-order valence-corrected chi connectivity index (χ4v) is 1.39. The molecule has 0 fully saturated rings. The number of nitrogens with one attached hydrogen (secondary N) is 1. The van der Waals surface area contributed by atoms with Crippen molar-refractivity contribution in [2.24, 2.45) is 0 Å². The summed E-state index contributed by atoms with van der Waals surface area (Å²) < 4.78 is 0. The maximum absolute atomic E-state index is 11.9. The van der Waals surface area contributed by atoms with E-state index in [9.17, 15) is 4.79 Å². The minimum atomic E-state index is -0.0854. The summed E-state index contributed by atoms with van der Waals surface area (Å²) in [6.07, 6.45) is 1.73. The molecule has 0 bridgehead atoms. The Balaban J connectivity index is 2.72. The van der Waals surface area contributed by atoms with E-state index >= 15 is 0 Å². The molecule has 92 valence electrons. The van der Waals surface area contributed by atoms with Crippen molar-refractivity contribution >= 4 is 11.7 Å². The van der Waals surface area contributed by atoms with Crippen LogP contribution in [0.5, 0.6) is 0 Å². The highest BCUT2D eigenvalue weighted by atomic mass is 16.2. The van der Waals surface area contributed by atoms with Crippen molar-refractivity contribution in [1.82, 2.24) is 15.1 Å². The lowest BCUT2D eigenvalue weighted by Crippen LogP contribution is -2.31. The molecule has 1 heterocycles. The zero-order valence-electron chi connectivity index (χ0n) is 10.3. The van der Waals surface area contributed by atoms with Gasteiger partial charge in [-0.2, -0.15) is 0 Å². The van der Waals surface area contributed by atoms with Crippen LogP contribution in [0.4, 0.5) is 5.82 Å². The van der Waals surface area contributed by atoms with Crippen LogP contribution in [0.1, 0.15) is 24.3 Å². The van der Waals surface area contributed by atoms with Crippen LogP contribution >= 0.6 is 0 Å². The van der Waals surface area contributed by atoms with E-state index in [-0.39, 0.29) is 5.91 Å². The van der Waals surface area contributed by atoms with Gasteiger partial charge >= 0.3 is 0 Å². The summed E-state index contributed by atoms with van der Waals surface area (Å²) in [6.45, 7) is 9.45. The first-order valence-electron chi connectivity index (χ1n) is 5.70. The Morgan fingerprint density at radius 3 is 2.59 bits per heavy atom. The summed E-state index contributed by atoms with van der Waals surface area (Å²) in [7, 11) is 0. The van der Waals surface area contributed by atoms with Gasteiger partial charge in [-0.05, 0) is 26.0 Å². The second kappa shape index (κ2) is 6.62. The molecule has 0 spiro atoms. The van der Waals surface area contributed by atoms with Crippen LogP contribution in [-0.2, 0) is 0 Å². The number of hydrogen-bond donors (Lipinski definition) is 1. The summed E-state index contributed by atoms with van der Waals surface area (Å²) in [5.74, 6) is 0.554. The maximum atomic E-state index is 11.9. The van der Waals surface area contributed by atoms with E-state index < -0.39 is 0 Å². The number of nitrogens with zero attached hydrogens (tertiary/aromatic N) is 3. The predicted molar refractivity (Wildman–Crippen MR) is 68.0 cm³/mol. The number of carbonyl (C=O) groups excluding carboxylic acids is 1. The molecule has 0 saturated heterocycles. The molecule has 1 amide bonds. The van der Waals surface area contributed by atoms with Crippen LogP contribution in [0.2, 0.25) is 0 Å². The molecule has 0 aliphatic rings. The van der Waals surface area contributed by atoms with Gasteiger partial charge in [0.25, 0.3) is 5.91 Å². The molecule has 1 N–H and O–H groups in total. The van der Waals surface area contributed by atoms with Gasteiger partial charge in [0.1, 0.15) is 5.82 Å². The second-order valence-electron chi connectivity index (χ2n) is 3.45. The second-order valence-corrected chi connectivity index (χ2v) is 3.45. The van der Waals surface area contributed by atoms with Gasteiger partial charge in [-0.15, -0.1) is 16.8 Å². The van der Waals surface area contributed by atoms with E-state index in [2.05, 4.69) is 22.1 Å². The minimum Gasteiger partial charge on any atom is -0.365 e. The average molecular weight is 234 g/mol. The normalized spacial score (nSPS) is 9.76. The monoisotopic (exact) mass is 234 g/mol. The Morgan fingerprint density at radius 2 is 2.12 bits per heavy atom. The Labute approximate surface area is 102 Å². The molecule has 0 aromatic carbocycles. The van der Waals surface area contributed by atoms with Crippen LogP contribution in [0, 0.1) is 0 Å². The standard InChI is InChI=1S/C12H18N4O/c1-4-9-13-11-8-7-10(14-15-11)12(17)16(5-2)6-3/h4,7-8H,1,5-6,9H2,2-3H3,(H,13,15). The van der Waals surface area contributed by atoms with Crippen molar-refractivity contribution in [1.29, 1.82) is 0 Å². The van der Waals surface area contributed by atoms with E-state index in [0.29, 0.717) is 31.1 Å². The number of carbonyl (C=O) groups is 1. The SMILES string of the molecule is C=CCNc1ccc(C(=O)N(CC)CC)nn1. The summed E-state index contributed by atoms with van der Waals surface area (Å²) >= 11 is 0. The topological polar surface area (TPSA) is 58.1 Å².